The molecule has 18 heavy (non-hydrogen) atoms. The number of nitrogen functional groups attached to an aromatic ring is 1. The number of aliphatic carboxylic acids is 1. The number of ether oxygens (including phenoxy) is 1. The van der Waals surface area contributed by atoms with E-state index in [-0.39, 0.29) is 0 Å². The first-order valence-corrected chi connectivity index (χ1v) is 4.54. The van der Waals surface area contributed by atoms with Gasteiger partial charge in [-0.2, -0.15) is 0 Å². The normalized spacial score (nSPS) is 11.3. The van der Waals surface area contributed by atoms with Crippen LogP contribution in [0.5, 0.6) is 5.75 Å². The van der Waals surface area contributed by atoms with Crippen LogP contribution in [0, 0.1) is 0 Å². The van der Waals surface area contributed by atoms with Gasteiger partial charge in [0, 0.05) is 11.8 Å². The number of hydrogen-bond acceptors (Lipinski definition) is 4. The molecule has 100 valence electrons. The molecule has 5 nitrogen and oxygen atoms in total. The second-order valence-electron chi connectivity index (χ2n) is 3.23. The number of pyridine rings is 1. The number of aromatic nitrogens is 1. The highest BCUT2D eigenvalue weighted by molar-refractivity contribution is 5.72. The fourth-order valence-corrected chi connectivity index (χ4v) is 1.25. The van der Waals surface area contributed by atoms with E-state index in [1.807, 2.05) is 0 Å². The second-order valence-corrected chi connectivity index (χ2v) is 3.23. The third-order valence-electron chi connectivity index (χ3n) is 1.93. The molecule has 0 fully saturated rings. The van der Waals surface area contributed by atoms with E-state index in [1.54, 1.807) is 0 Å². The van der Waals surface area contributed by atoms with E-state index in [0.717, 1.165) is 6.20 Å². The summed E-state index contributed by atoms with van der Waals surface area (Å²) in [4.78, 5) is 13.9. The number of halogens is 4. The fraction of sp³-hybridized carbons (Fsp3) is 0.333. The lowest BCUT2D eigenvalue weighted by Crippen LogP contribution is -2.20. The smallest absolute Gasteiger partial charge is 0.481 e. The van der Waals surface area contributed by atoms with Gasteiger partial charge in [-0.25, -0.2) is 9.37 Å². The predicted octanol–water partition coefficient (Wildman–Crippen LogP) is 1.66. The summed E-state index contributed by atoms with van der Waals surface area (Å²) in [6.45, 7) is -1.35. The van der Waals surface area contributed by atoms with Crippen molar-refractivity contribution < 1.29 is 32.2 Å². The number of anilines is 1. The summed E-state index contributed by atoms with van der Waals surface area (Å²) in [6, 6.07) is 0. The van der Waals surface area contributed by atoms with Crippen LogP contribution >= 0.6 is 0 Å². The Morgan fingerprint density at radius 3 is 2.56 bits per heavy atom. The van der Waals surface area contributed by atoms with Crippen molar-refractivity contribution in [3.63, 3.8) is 0 Å². The molecule has 1 aromatic heterocycles. The number of rotatable bonds is 4. The Morgan fingerprint density at radius 2 is 2.11 bits per heavy atom. The average Bonchev–Trinajstić information content (AvgIpc) is 2.20. The summed E-state index contributed by atoms with van der Waals surface area (Å²) in [5.41, 5.74) is 4.18. The van der Waals surface area contributed by atoms with Crippen LogP contribution in [-0.2, 0) is 17.9 Å². The largest absolute Gasteiger partial charge is 0.573 e. The monoisotopic (exact) mass is 268 g/mol. The number of nitrogens with two attached hydrogens (primary N) is 1. The summed E-state index contributed by atoms with van der Waals surface area (Å²) >= 11 is 0. The third-order valence-corrected chi connectivity index (χ3v) is 1.93. The van der Waals surface area contributed by atoms with E-state index < -0.39 is 48.1 Å². The first-order valence-electron chi connectivity index (χ1n) is 4.54. The van der Waals surface area contributed by atoms with Crippen molar-refractivity contribution in [2.75, 3.05) is 5.73 Å². The number of hydrogen-bond donors (Lipinski definition) is 2. The third kappa shape index (κ3) is 3.47. The van der Waals surface area contributed by atoms with Gasteiger partial charge in [0.05, 0.1) is 12.0 Å². The van der Waals surface area contributed by atoms with Crippen LogP contribution in [0.2, 0.25) is 0 Å². The molecule has 0 aromatic carbocycles. The highest BCUT2D eigenvalue weighted by atomic mass is 19.4. The van der Waals surface area contributed by atoms with Crippen LogP contribution < -0.4 is 10.5 Å². The van der Waals surface area contributed by atoms with E-state index >= 15 is 0 Å². The first-order chi connectivity index (χ1) is 8.24. The number of carboxylic acids is 1. The zero-order valence-electron chi connectivity index (χ0n) is 8.79. The molecule has 0 bridgehead atoms. The topological polar surface area (TPSA) is 85.4 Å². The molecule has 0 radical (unpaired) electrons. The van der Waals surface area contributed by atoms with Crippen LogP contribution in [0.3, 0.4) is 0 Å². The summed E-state index contributed by atoms with van der Waals surface area (Å²) in [5.74, 6) is -2.83. The Morgan fingerprint density at radius 1 is 1.50 bits per heavy atom. The predicted molar refractivity (Wildman–Crippen MR) is 51.5 cm³/mol. The maximum Gasteiger partial charge on any atom is 0.573 e. The molecule has 0 saturated carbocycles. The Bertz CT molecular complexity index is 462. The van der Waals surface area contributed by atoms with Gasteiger partial charge in [-0.1, -0.05) is 0 Å². The highest BCUT2D eigenvalue weighted by Gasteiger charge is 2.34. The fourth-order valence-electron chi connectivity index (χ4n) is 1.25. The van der Waals surface area contributed by atoms with Crippen molar-refractivity contribution in [1.29, 1.82) is 0 Å². The van der Waals surface area contributed by atoms with Crippen molar-refractivity contribution in [3.8, 4) is 5.75 Å². The molecule has 0 amide bonds. The van der Waals surface area contributed by atoms with Crippen LogP contribution in [0.4, 0.5) is 23.4 Å². The molecular weight excluding hydrogens is 260 g/mol. The maximum atomic E-state index is 12.6. The lowest BCUT2D eigenvalue weighted by atomic mass is 10.1. The molecule has 9 heteroatoms. The zero-order chi connectivity index (χ0) is 13.9. The minimum atomic E-state index is -5.08. The maximum absolute atomic E-state index is 12.6. The summed E-state index contributed by atoms with van der Waals surface area (Å²) < 4.78 is 52.7. The van der Waals surface area contributed by atoms with Gasteiger partial charge in [-0.3, -0.25) is 4.79 Å². The standard InChI is InChI=1S/C9H8F4N2O3/c10-2-5-7(18-9(11,12)13)4(1-6(16)17)3-15-8(5)14/h3H,1-2H2,(H2,14,15)(H,16,17). The van der Waals surface area contributed by atoms with Crippen LogP contribution in [0.25, 0.3) is 0 Å². The lowest BCUT2D eigenvalue weighted by molar-refractivity contribution is -0.275. The van der Waals surface area contributed by atoms with Gasteiger partial charge in [0.25, 0.3) is 0 Å². The Hall–Kier alpha value is -2.06. The Balaban J connectivity index is 3.29. The minimum Gasteiger partial charge on any atom is -0.481 e. The van der Waals surface area contributed by atoms with Crippen molar-refractivity contribution >= 4 is 11.8 Å². The molecule has 0 atom stereocenters. The molecule has 0 aliphatic heterocycles. The van der Waals surface area contributed by atoms with Gasteiger partial charge in [0.2, 0.25) is 0 Å². The Labute approximate surface area is 98.2 Å². The van der Waals surface area contributed by atoms with E-state index in [4.69, 9.17) is 10.8 Å². The lowest BCUT2D eigenvalue weighted by Gasteiger charge is -2.16. The van der Waals surface area contributed by atoms with Crippen LogP contribution in [-0.4, -0.2) is 22.4 Å². The molecule has 0 aliphatic rings. The van der Waals surface area contributed by atoms with Crippen molar-refractivity contribution in [2.45, 2.75) is 19.5 Å². The molecule has 0 unspecified atom stereocenters. The average molecular weight is 268 g/mol. The molecule has 1 rings (SSSR count). The van der Waals surface area contributed by atoms with Crippen molar-refractivity contribution in [2.24, 2.45) is 0 Å². The zero-order valence-corrected chi connectivity index (χ0v) is 8.79. The molecule has 1 aromatic rings. The van der Waals surface area contributed by atoms with Crippen LogP contribution in [0.1, 0.15) is 11.1 Å². The van der Waals surface area contributed by atoms with Crippen LogP contribution in [0.15, 0.2) is 6.20 Å². The van der Waals surface area contributed by atoms with Gasteiger partial charge >= 0.3 is 12.3 Å². The summed E-state index contributed by atoms with van der Waals surface area (Å²) in [6.07, 6.45) is -5.06. The molecule has 0 aliphatic carbocycles. The van der Waals surface area contributed by atoms with E-state index in [9.17, 15) is 22.4 Å². The van der Waals surface area contributed by atoms with Crippen molar-refractivity contribution in [3.05, 3.63) is 17.3 Å². The quantitative estimate of drug-likeness (QED) is 0.811. The molecule has 0 saturated heterocycles. The highest BCUT2D eigenvalue weighted by Crippen LogP contribution is 2.33. The van der Waals surface area contributed by atoms with Gasteiger partial charge in [-0.15, -0.1) is 13.2 Å². The van der Waals surface area contributed by atoms with Gasteiger partial charge in [0.1, 0.15) is 18.2 Å². The molecule has 1 heterocycles. The van der Waals surface area contributed by atoms with Gasteiger partial charge in [0.15, 0.2) is 0 Å². The SMILES string of the molecule is Nc1ncc(CC(=O)O)c(OC(F)(F)F)c1CF. The number of alkyl halides is 4. The van der Waals surface area contributed by atoms with Gasteiger partial charge in [-0.05, 0) is 0 Å². The van der Waals surface area contributed by atoms with E-state index in [0.29, 0.717) is 0 Å². The minimum absolute atomic E-state index is 0.401. The molecule has 0 spiro atoms. The number of nitrogens with zero attached hydrogens (tertiary/aromatic N) is 1. The van der Waals surface area contributed by atoms with E-state index in [2.05, 4.69) is 9.72 Å². The van der Waals surface area contributed by atoms with Crippen molar-refractivity contribution in [1.82, 2.24) is 4.98 Å². The first kappa shape index (κ1) is 14.0. The molecular formula is C9H8F4N2O3. The Kier molecular flexibility index (Phi) is 3.94. The summed E-state index contributed by atoms with van der Waals surface area (Å²) in [5, 5.41) is 8.53. The molecule has 3 N–H and O–H groups in total. The summed E-state index contributed by atoms with van der Waals surface area (Å²) in [7, 11) is 0. The second kappa shape index (κ2) is 5.07. The van der Waals surface area contributed by atoms with E-state index in [1.165, 1.54) is 0 Å². The number of carbonyl (C=O) groups is 1. The van der Waals surface area contributed by atoms with Gasteiger partial charge < -0.3 is 15.6 Å². The number of carboxylic acid groups (broad SMARTS) is 1.